The summed E-state index contributed by atoms with van der Waals surface area (Å²) in [6, 6.07) is 26.1. The van der Waals surface area contributed by atoms with Gasteiger partial charge >= 0.3 is 21.7 Å². The molecule has 0 fully saturated rings. The molecule has 0 heterocycles. The van der Waals surface area contributed by atoms with Gasteiger partial charge in [-0.25, -0.2) is 5.57 Å². The van der Waals surface area contributed by atoms with Crippen LogP contribution < -0.4 is 52.8 Å². The number of hydrogen-bond acceptors (Lipinski definition) is 0. The van der Waals surface area contributed by atoms with Crippen LogP contribution in [0.15, 0.2) is 83.4 Å². The van der Waals surface area contributed by atoms with Crippen LogP contribution in [-0.4, -0.2) is 8.07 Å². The molecule has 0 bridgehead atoms. The molecule has 3 aromatic carbocycles. The van der Waals surface area contributed by atoms with E-state index in [-0.39, 0.29) is 64.0 Å². The number of halogens is 3. The summed E-state index contributed by atoms with van der Waals surface area (Å²) >= 11 is 0. The predicted molar refractivity (Wildman–Crippen MR) is 151 cm³/mol. The summed E-state index contributed by atoms with van der Waals surface area (Å²) in [6.07, 6.45) is 6.19. The Morgan fingerprint density at radius 1 is 0.658 bits per heavy atom. The molecule has 3 aromatic rings. The fraction of sp³-hybridized carbons (Fsp3) is 0.333. The zero-order chi connectivity index (χ0) is 24.7. The zero-order valence-corrected chi connectivity index (χ0v) is 28.7. The third kappa shape index (κ3) is 6.14. The number of benzene rings is 3. The smallest absolute Gasteiger partial charge is 1.00 e. The van der Waals surface area contributed by atoms with Gasteiger partial charge in [-0.15, -0.1) is 6.92 Å². The van der Waals surface area contributed by atoms with Gasteiger partial charge in [-0.1, -0.05) is 118 Å². The molecular weight excluding hydrogens is 579 g/mol. The van der Waals surface area contributed by atoms with Gasteiger partial charge in [-0.3, -0.25) is 6.08 Å². The predicted octanol–water partition coefficient (Wildman–Crippen LogP) is -2.23. The van der Waals surface area contributed by atoms with Crippen LogP contribution in [-0.2, 0) is 34.6 Å². The molecule has 0 saturated heterocycles. The van der Waals surface area contributed by atoms with E-state index < -0.39 is 8.07 Å². The first-order valence-corrected chi connectivity index (χ1v) is 14.7. The molecule has 0 saturated carbocycles. The summed E-state index contributed by atoms with van der Waals surface area (Å²) in [5, 5.41) is 4.28. The van der Waals surface area contributed by atoms with Crippen molar-refractivity contribution in [3.63, 3.8) is 0 Å². The quantitative estimate of drug-likeness (QED) is 0.167. The van der Waals surface area contributed by atoms with Crippen LogP contribution in [0, 0.1) is 19.9 Å². The molecule has 2 atom stereocenters. The van der Waals surface area contributed by atoms with Crippen molar-refractivity contribution in [1.29, 1.82) is 0 Å². The average molecular weight is 618 g/mol. The van der Waals surface area contributed by atoms with Crippen LogP contribution >= 0.6 is 0 Å². The van der Waals surface area contributed by atoms with Gasteiger partial charge in [0.05, 0.1) is 0 Å². The SMILES string of the molecule is CCc1cc(CC)cc([Si](c2ccccc2)(c2cc(C)cc(C)c2)C2(C)[C-]=C(C)C(C)=C2C)c1.[Cl-].[Cl-].[Cl-].[Ti+4]. The Hall–Kier alpha value is -1.06. The van der Waals surface area contributed by atoms with Gasteiger partial charge < -0.3 is 37.2 Å². The second-order valence-electron chi connectivity index (χ2n) is 10.4. The van der Waals surface area contributed by atoms with Crippen LogP contribution in [0.2, 0.25) is 5.04 Å². The van der Waals surface area contributed by atoms with Crippen molar-refractivity contribution < 1.29 is 58.9 Å². The molecule has 5 heteroatoms. The minimum absolute atomic E-state index is 0. The molecule has 0 amide bonds. The van der Waals surface area contributed by atoms with Gasteiger partial charge in [-0.05, 0) is 53.4 Å². The first-order valence-electron chi connectivity index (χ1n) is 12.7. The monoisotopic (exact) mass is 616 g/mol. The Morgan fingerprint density at radius 3 is 1.55 bits per heavy atom. The van der Waals surface area contributed by atoms with Gasteiger partial charge in [0, 0.05) is 0 Å². The Labute approximate surface area is 265 Å². The molecule has 0 radical (unpaired) electrons. The summed E-state index contributed by atoms with van der Waals surface area (Å²) in [7, 11) is -2.61. The van der Waals surface area contributed by atoms with E-state index in [2.05, 4.69) is 128 Å². The van der Waals surface area contributed by atoms with Crippen molar-refractivity contribution >= 4 is 23.6 Å². The first-order chi connectivity index (χ1) is 16.2. The van der Waals surface area contributed by atoms with E-state index in [9.17, 15) is 0 Å². The van der Waals surface area contributed by atoms with Gasteiger partial charge in [0.15, 0.2) is 0 Å². The topological polar surface area (TPSA) is 0 Å². The summed E-state index contributed by atoms with van der Waals surface area (Å²) in [5.74, 6) is 0. The third-order valence-electron chi connectivity index (χ3n) is 8.23. The van der Waals surface area contributed by atoms with E-state index in [0.29, 0.717) is 0 Å². The molecule has 4 rings (SSSR count). The van der Waals surface area contributed by atoms with Gasteiger partial charge in [0.1, 0.15) is 8.07 Å². The molecule has 1 aliphatic rings. The first kappa shape index (κ1) is 36.9. The van der Waals surface area contributed by atoms with Crippen LogP contribution in [0.5, 0.6) is 0 Å². The Morgan fingerprint density at radius 2 is 1.13 bits per heavy atom. The largest absolute Gasteiger partial charge is 4.00 e. The molecule has 0 nitrogen and oxygen atoms in total. The second-order valence-corrected chi connectivity index (χ2v) is 14.6. The van der Waals surface area contributed by atoms with E-state index >= 15 is 0 Å². The van der Waals surface area contributed by atoms with Crippen LogP contribution in [0.1, 0.15) is 63.8 Å². The molecule has 0 spiro atoms. The molecule has 1 aliphatic carbocycles. The van der Waals surface area contributed by atoms with E-state index in [1.807, 2.05) is 0 Å². The van der Waals surface area contributed by atoms with Gasteiger partial charge in [-0.2, -0.15) is 11.1 Å². The van der Waals surface area contributed by atoms with E-state index in [4.69, 9.17) is 0 Å². The normalized spacial score (nSPS) is 17.7. The third-order valence-corrected chi connectivity index (χ3v) is 13.7. The molecular formula is C33H39Cl3SiTi. The van der Waals surface area contributed by atoms with Crippen LogP contribution in [0.3, 0.4) is 0 Å². The Kier molecular flexibility index (Phi) is 14.1. The molecule has 0 aliphatic heterocycles. The minimum Gasteiger partial charge on any atom is -1.00 e. The minimum atomic E-state index is -2.61. The van der Waals surface area contributed by atoms with Crippen molar-refractivity contribution in [1.82, 2.24) is 0 Å². The van der Waals surface area contributed by atoms with Crippen LogP contribution in [0.25, 0.3) is 0 Å². The van der Waals surface area contributed by atoms with Gasteiger partial charge in [0.25, 0.3) is 0 Å². The van der Waals surface area contributed by atoms with Crippen LogP contribution in [0.4, 0.5) is 0 Å². The van der Waals surface area contributed by atoms with Crippen molar-refractivity contribution in [3.05, 3.63) is 112 Å². The van der Waals surface area contributed by atoms with Crippen molar-refractivity contribution in [2.45, 2.75) is 73.3 Å². The van der Waals surface area contributed by atoms with Crippen molar-refractivity contribution in [2.75, 3.05) is 0 Å². The number of rotatable bonds is 6. The summed E-state index contributed by atoms with van der Waals surface area (Å²) in [4.78, 5) is 0. The van der Waals surface area contributed by atoms with E-state index in [1.165, 1.54) is 54.5 Å². The van der Waals surface area contributed by atoms with Crippen molar-refractivity contribution in [3.8, 4) is 0 Å². The molecule has 0 aromatic heterocycles. The van der Waals surface area contributed by atoms with E-state index in [1.54, 1.807) is 0 Å². The number of allylic oxidation sites excluding steroid dienone is 4. The molecule has 2 unspecified atom stereocenters. The maximum atomic E-state index is 4.08. The maximum absolute atomic E-state index is 4.08. The van der Waals surface area contributed by atoms with Crippen molar-refractivity contribution in [2.24, 2.45) is 0 Å². The second kappa shape index (κ2) is 14.5. The van der Waals surface area contributed by atoms with Gasteiger partial charge in [0.2, 0.25) is 0 Å². The average Bonchev–Trinajstić information content (AvgIpc) is 3.02. The molecule has 38 heavy (non-hydrogen) atoms. The molecule has 200 valence electrons. The maximum Gasteiger partial charge on any atom is 4.00 e. The summed E-state index contributed by atoms with van der Waals surface area (Å²) < 4.78 is 0. The fourth-order valence-electron chi connectivity index (χ4n) is 6.23. The Bertz CT molecular complexity index is 1260. The summed E-state index contributed by atoms with van der Waals surface area (Å²) in [5.41, 5.74) is 9.73. The molecule has 0 N–H and O–H groups in total. The number of hydrogen-bond donors (Lipinski definition) is 0. The fourth-order valence-corrected chi connectivity index (χ4v) is 12.5. The standard InChI is InChI=1S/C33H39Si.3ClH.Ti/c1-9-28-19-29(10-2)21-32(20-28)34(30-14-12-11-13-15-30,31-17-23(3)16-24(4)18-31)33(8)22-25(5)26(6)27(33)7;;;;/h11-21H,9-10H2,1-8H3;3*1H;/q-1;;;;+4/p-3. The van der Waals surface area contributed by atoms with E-state index in [0.717, 1.165) is 12.8 Å². The number of aryl methyl sites for hydroxylation is 4. The summed E-state index contributed by atoms with van der Waals surface area (Å²) in [6.45, 7) is 18.4. The Balaban J connectivity index is 0.00000342. The zero-order valence-electron chi connectivity index (χ0n) is 23.9.